The number of fused-ring (bicyclic) bond motifs is 1. The van der Waals surface area contributed by atoms with Crippen LogP contribution in [0.3, 0.4) is 0 Å². The lowest BCUT2D eigenvalue weighted by Crippen LogP contribution is -2.14. The first-order valence-corrected chi connectivity index (χ1v) is 12.3. The van der Waals surface area contributed by atoms with Crippen molar-refractivity contribution >= 4 is 28.1 Å². The van der Waals surface area contributed by atoms with Gasteiger partial charge >= 0.3 is 0 Å². The molecule has 0 saturated carbocycles. The maximum absolute atomic E-state index is 4.86. The van der Waals surface area contributed by atoms with E-state index in [0.29, 0.717) is 11.9 Å². The highest BCUT2D eigenvalue weighted by atomic mass is 15.4. The Morgan fingerprint density at radius 2 is 1.28 bits per heavy atom. The molecule has 5 aromatic rings. The van der Waals surface area contributed by atoms with Gasteiger partial charge in [-0.2, -0.15) is 5.10 Å². The lowest BCUT2D eigenvalue weighted by molar-refractivity contribution is 0.731. The van der Waals surface area contributed by atoms with Gasteiger partial charge in [0.1, 0.15) is 0 Å². The van der Waals surface area contributed by atoms with Crippen molar-refractivity contribution < 1.29 is 0 Å². The molecule has 0 bridgehead atoms. The Hall–Kier alpha value is -4.57. The molecule has 4 aromatic carbocycles. The van der Waals surface area contributed by atoms with Crippen molar-refractivity contribution in [3.8, 4) is 11.3 Å². The van der Waals surface area contributed by atoms with E-state index in [1.54, 1.807) is 0 Å². The summed E-state index contributed by atoms with van der Waals surface area (Å²) < 4.78 is 0. The summed E-state index contributed by atoms with van der Waals surface area (Å²) in [4.78, 5) is 9.61. The molecular formula is C32H26N4. The van der Waals surface area contributed by atoms with E-state index in [-0.39, 0.29) is 0 Å². The van der Waals surface area contributed by atoms with Gasteiger partial charge < -0.3 is 0 Å². The van der Waals surface area contributed by atoms with E-state index in [9.17, 15) is 0 Å². The van der Waals surface area contributed by atoms with Gasteiger partial charge in [-0.05, 0) is 47.6 Å². The Labute approximate surface area is 211 Å². The van der Waals surface area contributed by atoms with E-state index < -0.39 is 0 Å². The maximum atomic E-state index is 4.86. The quantitative estimate of drug-likeness (QED) is 0.270. The number of hydrogen-bond acceptors (Lipinski definition) is 4. The van der Waals surface area contributed by atoms with Crippen LogP contribution < -0.4 is 5.43 Å². The van der Waals surface area contributed by atoms with Gasteiger partial charge in [0.05, 0.1) is 16.9 Å². The third-order valence-electron chi connectivity index (χ3n) is 6.63. The zero-order chi connectivity index (χ0) is 24.2. The Kier molecular flexibility index (Phi) is 6.07. The summed E-state index contributed by atoms with van der Waals surface area (Å²) in [6.45, 7) is 0. The Morgan fingerprint density at radius 1 is 0.639 bits per heavy atom. The van der Waals surface area contributed by atoms with Crippen molar-refractivity contribution in [2.24, 2.45) is 5.10 Å². The molecule has 1 atom stereocenters. The average Bonchev–Trinajstić information content (AvgIpc) is 2.97. The number of rotatable bonds is 5. The fourth-order valence-electron chi connectivity index (χ4n) is 4.87. The average molecular weight is 467 g/mol. The zero-order valence-corrected chi connectivity index (χ0v) is 19.9. The largest absolute Gasteiger partial charge is 0.245 e. The molecule has 1 N–H and O–H groups in total. The lowest BCUT2D eigenvalue weighted by Gasteiger charge is -2.24. The molecule has 1 aliphatic carbocycles. The van der Waals surface area contributed by atoms with E-state index in [1.165, 1.54) is 16.7 Å². The molecule has 0 unspecified atom stereocenters. The van der Waals surface area contributed by atoms with Crippen molar-refractivity contribution in [3.05, 3.63) is 132 Å². The third kappa shape index (κ3) is 4.66. The van der Waals surface area contributed by atoms with Crippen LogP contribution in [0.2, 0.25) is 0 Å². The van der Waals surface area contributed by atoms with Gasteiger partial charge in [0.15, 0.2) is 0 Å². The summed E-state index contributed by atoms with van der Waals surface area (Å²) in [5.74, 6) is 0.862. The molecule has 6 rings (SSSR count). The summed E-state index contributed by atoms with van der Waals surface area (Å²) in [7, 11) is 0. The fraction of sp³-hybridized carbons (Fsp3) is 0.0938. The van der Waals surface area contributed by atoms with Crippen LogP contribution in [-0.2, 0) is 0 Å². The zero-order valence-electron chi connectivity index (χ0n) is 19.9. The Bertz CT molecular complexity index is 1540. The fourth-order valence-corrected chi connectivity index (χ4v) is 4.87. The minimum atomic E-state index is 0.365. The molecular weight excluding hydrogens is 440 g/mol. The van der Waals surface area contributed by atoms with E-state index in [1.807, 2.05) is 36.4 Å². The molecule has 1 aromatic heterocycles. The summed E-state index contributed by atoms with van der Waals surface area (Å²) in [5.41, 5.74) is 10.9. The van der Waals surface area contributed by atoms with Gasteiger partial charge in [0.25, 0.3) is 0 Å². The minimum absolute atomic E-state index is 0.365. The Balaban J connectivity index is 1.37. The summed E-state index contributed by atoms with van der Waals surface area (Å²) in [6, 6.07) is 39.6. The molecule has 4 nitrogen and oxygen atoms in total. The van der Waals surface area contributed by atoms with Crippen molar-refractivity contribution in [1.29, 1.82) is 0 Å². The van der Waals surface area contributed by atoms with Crippen molar-refractivity contribution in [3.63, 3.8) is 0 Å². The first-order chi connectivity index (χ1) is 17.8. The number of nitrogens with zero attached hydrogens (tertiary/aromatic N) is 3. The number of anilines is 1. The van der Waals surface area contributed by atoms with Gasteiger partial charge in [-0.1, -0.05) is 109 Å². The third-order valence-corrected chi connectivity index (χ3v) is 6.63. The maximum Gasteiger partial charge on any atom is 0.244 e. The first-order valence-electron chi connectivity index (χ1n) is 12.3. The molecule has 4 heteroatoms. The molecule has 0 aliphatic heterocycles. The summed E-state index contributed by atoms with van der Waals surface area (Å²) in [6.07, 6.45) is 4.05. The predicted molar refractivity (Wildman–Crippen MR) is 149 cm³/mol. The topological polar surface area (TPSA) is 50.2 Å². The number of para-hydroxylation sites is 1. The van der Waals surface area contributed by atoms with Gasteiger partial charge in [0.2, 0.25) is 5.95 Å². The van der Waals surface area contributed by atoms with Crippen LogP contribution in [0.1, 0.15) is 29.9 Å². The van der Waals surface area contributed by atoms with Gasteiger partial charge in [-0.15, -0.1) is 0 Å². The highest BCUT2D eigenvalue weighted by Crippen LogP contribution is 2.36. The Morgan fingerprint density at radius 3 is 2.03 bits per heavy atom. The molecule has 0 fully saturated rings. The lowest BCUT2D eigenvalue weighted by atomic mass is 9.81. The van der Waals surface area contributed by atoms with Gasteiger partial charge in [0, 0.05) is 10.9 Å². The van der Waals surface area contributed by atoms with Crippen LogP contribution in [0.25, 0.3) is 27.7 Å². The molecule has 0 radical (unpaired) electrons. The first kappa shape index (κ1) is 21.9. The standard InChI is InChI=1S/C32H26N4/c1-4-12-23(13-5-1)26-20-27(24-14-6-2-7-15-24)22-28(21-26)35-36-32-33-30-19-11-10-18-29(30)31(34-32)25-16-8-3-9-17-25/h1-19,21,27H,20,22H2,(H,33,34,36)/b35-28-/t27-/m0/s1. The molecule has 0 amide bonds. The number of nitrogens with one attached hydrogen (secondary N) is 1. The molecule has 174 valence electrons. The molecule has 0 saturated heterocycles. The monoisotopic (exact) mass is 466 g/mol. The second-order valence-corrected chi connectivity index (χ2v) is 9.05. The van der Waals surface area contributed by atoms with Crippen LogP contribution in [-0.4, -0.2) is 15.7 Å². The molecule has 36 heavy (non-hydrogen) atoms. The highest BCUT2D eigenvalue weighted by Gasteiger charge is 2.22. The van der Waals surface area contributed by atoms with Crippen LogP contribution in [0.15, 0.2) is 126 Å². The number of allylic oxidation sites excluding steroid dienone is 2. The smallest absolute Gasteiger partial charge is 0.244 e. The second kappa shape index (κ2) is 9.96. The van der Waals surface area contributed by atoms with Crippen LogP contribution in [0.4, 0.5) is 5.95 Å². The normalized spacial score (nSPS) is 16.6. The molecule has 1 heterocycles. The number of hydrogen-bond donors (Lipinski definition) is 1. The van der Waals surface area contributed by atoms with Gasteiger partial charge in [-0.25, -0.2) is 15.4 Å². The predicted octanol–water partition coefficient (Wildman–Crippen LogP) is 7.73. The number of hydrazone groups is 1. The molecule has 0 spiro atoms. The summed E-state index contributed by atoms with van der Waals surface area (Å²) in [5, 5.41) is 5.83. The van der Waals surface area contributed by atoms with Crippen LogP contribution in [0, 0.1) is 0 Å². The van der Waals surface area contributed by atoms with Crippen molar-refractivity contribution in [2.45, 2.75) is 18.8 Å². The van der Waals surface area contributed by atoms with E-state index in [4.69, 9.17) is 15.1 Å². The number of aromatic nitrogens is 2. The number of benzene rings is 4. The van der Waals surface area contributed by atoms with Crippen molar-refractivity contribution in [1.82, 2.24) is 9.97 Å². The summed E-state index contributed by atoms with van der Waals surface area (Å²) >= 11 is 0. The van der Waals surface area contributed by atoms with Crippen LogP contribution >= 0.6 is 0 Å². The van der Waals surface area contributed by atoms with E-state index in [2.05, 4.69) is 90.4 Å². The van der Waals surface area contributed by atoms with Crippen LogP contribution in [0.5, 0.6) is 0 Å². The van der Waals surface area contributed by atoms with Crippen molar-refractivity contribution in [2.75, 3.05) is 5.43 Å². The minimum Gasteiger partial charge on any atom is -0.245 e. The highest BCUT2D eigenvalue weighted by molar-refractivity contribution is 6.03. The SMILES string of the molecule is C1=C(c2ccccc2)C[C@H](c2ccccc2)C/C1=N\Nc1nc(-c2ccccc2)c2ccccc2n1. The second-order valence-electron chi connectivity index (χ2n) is 9.05. The molecule has 1 aliphatic rings. The van der Waals surface area contributed by atoms with E-state index in [0.717, 1.165) is 40.7 Å². The van der Waals surface area contributed by atoms with Gasteiger partial charge in [-0.3, -0.25) is 0 Å². The van der Waals surface area contributed by atoms with E-state index >= 15 is 0 Å².